The van der Waals surface area contributed by atoms with Crippen molar-refractivity contribution in [2.24, 2.45) is 18.4 Å². The highest BCUT2D eigenvalue weighted by atomic mass is 16.2. The number of aromatic nitrogens is 2. The van der Waals surface area contributed by atoms with E-state index < -0.39 is 6.04 Å². The molecule has 158 valence electrons. The number of fused-ring (bicyclic) bond motifs is 1. The van der Waals surface area contributed by atoms with E-state index in [0.717, 1.165) is 30.0 Å². The van der Waals surface area contributed by atoms with Crippen LogP contribution in [-0.2, 0) is 22.1 Å². The molecule has 5 fully saturated rings. The molecule has 7 nitrogen and oxygen atoms in total. The van der Waals surface area contributed by atoms with Gasteiger partial charge in [0, 0.05) is 13.5 Å². The molecule has 30 heavy (non-hydrogen) atoms. The number of hydrogen-bond acceptors (Lipinski definition) is 4. The van der Waals surface area contributed by atoms with Crippen molar-refractivity contribution in [2.75, 3.05) is 13.1 Å². The molecule has 0 radical (unpaired) electrons. The monoisotopic (exact) mass is 408 g/mol. The molecule has 3 aliphatic carbocycles. The van der Waals surface area contributed by atoms with Gasteiger partial charge in [-0.15, -0.1) is 0 Å². The highest BCUT2D eigenvalue weighted by molar-refractivity contribution is 6.00. The molecule has 5 aliphatic rings. The molecule has 2 aromatic rings. The Labute approximate surface area is 174 Å². The number of amides is 2. The third-order valence-corrected chi connectivity index (χ3v) is 8.47. The Morgan fingerprint density at radius 3 is 2.47 bits per heavy atom. The maximum absolute atomic E-state index is 13.2. The van der Waals surface area contributed by atoms with E-state index in [1.807, 2.05) is 19.2 Å². The SMILES string of the molecule is Cn1c(=O)n(C2CCC(=O)NC2=O)c2cccc(C34CC(C5CCNCC5)(C3)C4)c21. The van der Waals surface area contributed by atoms with Crippen molar-refractivity contribution < 1.29 is 9.59 Å². The first kappa shape index (κ1) is 18.4. The maximum atomic E-state index is 13.2. The molecule has 1 unspecified atom stereocenters. The van der Waals surface area contributed by atoms with Gasteiger partial charge in [0.2, 0.25) is 11.8 Å². The van der Waals surface area contributed by atoms with E-state index >= 15 is 0 Å². The Bertz CT molecular complexity index is 1120. The van der Waals surface area contributed by atoms with Gasteiger partial charge in [0.25, 0.3) is 0 Å². The number of para-hydroxylation sites is 1. The average Bonchev–Trinajstić information content (AvgIpc) is 2.92. The summed E-state index contributed by atoms with van der Waals surface area (Å²) in [6.07, 6.45) is 6.87. The van der Waals surface area contributed by atoms with Crippen molar-refractivity contribution in [1.29, 1.82) is 0 Å². The second-order valence-electron chi connectivity index (χ2n) is 10.0. The zero-order valence-electron chi connectivity index (χ0n) is 17.4. The lowest BCUT2D eigenvalue weighted by molar-refractivity contribution is -0.186. The van der Waals surface area contributed by atoms with Crippen LogP contribution < -0.4 is 16.3 Å². The van der Waals surface area contributed by atoms with Crippen LogP contribution in [-0.4, -0.2) is 34.0 Å². The summed E-state index contributed by atoms with van der Waals surface area (Å²) in [5, 5.41) is 5.87. The summed E-state index contributed by atoms with van der Waals surface area (Å²) >= 11 is 0. The summed E-state index contributed by atoms with van der Waals surface area (Å²) in [4.78, 5) is 37.2. The standard InChI is InChI=1S/C23H28N4O3/c1-26-19-15(23-11-22(12-23,13-23)14-7-9-24-10-8-14)3-2-4-16(19)27(21(26)30)17-5-6-18(28)25-20(17)29/h2-4,14,17,24H,5-13H2,1H3,(H,25,28,29). The Morgan fingerprint density at radius 1 is 1.03 bits per heavy atom. The summed E-state index contributed by atoms with van der Waals surface area (Å²) in [6.45, 7) is 2.27. The fourth-order valence-electron chi connectivity index (χ4n) is 7.12. The minimum Gasteiger partial charge on any atom is -0.317 e. The van der Waals surface area contributed by atoms with E-state index in [9.17, 15) is 14.4 Å². The molecular formula is C23H28N4O3. The zero-order valence-corrected chi connectivity index (χ0v) is 17.4. The zero-order chi connectivity index (χ0) is 20.7. The van der Waals surface area contributed by atoms with Crippen LogP contribution in [0.15, 0.2) is 23.0 Å². The molecule has 2 aliphatic heterocycles. The lowest BCUT2D eigenvalue weighted by Crippen LogP contribution is -2.68. The first-order chi connectivity index (χ1) is 14.4. The number of nitrogens with zero attached hydrogens (tertiary/aromatic N) is 2. The number of benzene rings is 1. The van der Waals surface area contributed by atoms with Gasteiger partial charge in [-0.1, -0.05) is 12.1 Å². The summed E-state index contributed by atoms with van der Waals surface area (Å²) < 4.78 is 3.32. The normalized spacial score (nSPS) is 33.8. The molecule has 2 saturated heterocycles. The lowest BCUT2D eigenvalue weighted by atomic mass is 9.30. The van der Waals surface area contributed by atoms with E-state index in [4.69, 9.17) is 0 Å². The third kappa shape index (κ3) is 2.27. The van der Waals surface area contributed by atoms with Gasteiger partial charge in [-0.05, 0) is 80.0 Å². The van der Waals surface area contributed by atoms with Crippen molar-refractivity contribution in [3.05, 3.63) is 34.2 Å². The average molecular weight is 409 g/mol. The van der Waals surface area contributed by atoms with Gasteiger partial charge in [-0.25, -0.2) is 4.79 Å². The molecule has 2 N–H and O–H groups in total. The molecule has 2 bridgehead atoms. The Morgan fingerprint density at radius 2 is 1.77 bits per heavy atom. The van der Waals surface area contributed by atoms with E-state index in [1.165, 1.54) is 37.7 Å². The highest BCUT2D eigenvalue weighted by Gasteiger charge is 2.70. The second-order valence-corrected chi connectivity index (χ2v) is 10.0. The number of hydrogen-bond donors (Lipinski definition) is 2. The number of carbonyl (C=O) groups excluding carboxylic acids is 2. The minimum absolute atomic E-state index is 0.174. The number of imide groups is 1. The molecule has 3 heterocycles. The van der Waals surface area contributed by atoms with Crippen LogP contribution in [0.5, 0.6) is 0 Å². The van der Waals surface area contributed by atoms with Crippen LogP contribution in [0.3, 0.4) is 0 Å². The Hall–Kier alpha value is -2.41. The molecule has 3 saturated carbocycles. The van der Waals surface area contributed by atoms with Crippen molar-refractivity contribution >= 4 is 22.8 Å². The summed E-state index contributed by atoms with van der Waals surface area (Å²) in [5.74, 6) is 0.195. The molecule has 7 heteroatoms. The van der Waals surface area contributed by atoms with Crippen molar-refractivity contribution in [3.63, 3.8) is 0 Å². The van der Waals surface area contributed by atoms with Crippen molar-refractivity contribution in [3.8, 4) is 0 Å². The van der Waals surface area contributed by atoms with Crippen LogP contribution in [0.1, 0.15) is 56.6 Å². The van der Waals surface area contributed by atoms with Gasteiger partial charge in [0.15, 0.2) is 0 Å². The molecule has 1 aromatic carbocycles. The second kappa shape index (κ2) is 6.06. The fourth-order valence-corrected chi connectivity index (χ4v) is 7.12. The van der Waals surface area contributed by atoms with Gasteiger partial charge in [-0.3, -0.25) is 24.0 Å². The van der Waals surface area contributed by atoms with Gasteiger partial charge < -0.3 is 5.32 Å². The van der Waals surface area contributed by atoms with E-state index in [0.29, 0.717) is 11.8 Å². The van der Waals surface area contributed by atoms with Gasteiger partial charge in [0.05, 0.1) is 11.0 Å². The lowest BCUT2D eigenvalue weighted by Gasteiger charge is -2.74. The molecular weight excluding hydrogens is 380 g/mol. The number of rotatable bonds is 3. The number of aryl methyl sites for hydroxylation is 1. The Balaban J connectivity index is 1.38. The third-order valence-electron chi connectivity index (χ3n) is 8.47. The molecule has 2 amide bonds. The highest BCUT2D eigenvalue weighted by Crippen LogP contribution is 2.77. The topological polar surface area (TPSA) is 85.1 Å². The molecule has 7 rings (SSSR count). The van der Waals surface area contributed by atoms with Crippen LogP contribution in [0.4, 0.5) is 0 Å². The number of piperidine rings is 2. The maximum Gasteiger partial charge on any atom is 0.329 e. The van der Waals surface area contributed by atoms with Crippen molar-refractivity contribution in [1.82, 2.24) is 19.8 Å². The van der Waals surface area contributed by atoms with Crippen molar-refractivity contribution in [2.45, 2.75) is 56.4 Å². The largest absolute Gasteiger partial charge is 0.329 e. The van der Waals surface area contributed by atoms with E-state index in [-0.39, 0.29) is 29.3 Å². The molecule has 0 spiro atoms. The summed E-state index contributed by atoms with van der Waals surface area (Å²) in [6, 6.07) is 5.53. The first-order valence-corrected chi connectivity index (χ1v) is 11.2. The quantitative estimate of drug-likeness (QED) is 0.758. The van der Waals surface area contributed by atoms with Crippen LogP contribution >= 0.6 is 0 Å². The number of imidazole rings is 1. The number of nitrogens with one attached hydrogen (secondary N) is 2. The first-order valence-electron chi connectivity index (χ1n) is 11.2. The predicted octanol–water partition coefficient (Wildman–Crippen LogP) is 1.74. The van der Waals surface area contributed by atoms with Gasteiger partial charge in [-0.2, -0.15) is 0 Å². The van der Waals surface area contributed by atoms with Gasteiger partial charge >= 0.3 is 5.69 Å². The Kier molecular flexibility index (Phi) is 3.71. The van der Waals surface area contributed by atoms with Crippen LogP contribution in [0.2, 0.25) is 0 Å². The minimum atomic E-state index is -0.622. The van der Waals surface area contributed by atoms with Crippen LogP contribution in [0.25, 0.3) is 11.0 Å². The van der Waals surface area contributed by atoms with Gasteiger partial charge in [0.1, 0.15) is 6.04 Å². The predicted molar refractivity (Wildman–Crippen MR) is 112 cm³/mol. The summed E-state index contributed by atoms with van der Waals surface area (Å²) in [5.41, 5.74) is 3.56. The molecule has 1 atom stereocenters. The molecule has 1 aromatic heterocycles. The number of carbonyl (C=O) groups is 2. The fraction of sp³-hybridized carbons (Fsp3) is 0.609. The van der Waals surface area contributed by atoms with E-state index in [2.05, 4.69) is 16.7 Å². The van der Waals surface area contributed by atoms with Crippen LogP contribution in [0, 0.1) is 11.3 Å². The smallest absolute Gasteiger partial charge is 0.317 e. The summed E-state index contributed by atoms with van der Waals surface area (Å²) in [7, 11) is 1.81. The van der Waals surface area contributed by atoms with E-state index in [1.54, 1.807) is 9.13 Å².